The van der Waals surface area contributed by atoms with Gasteiger partial charge in [0, 0.05) is 36.5 Å². The van der Waals surface area contributed by atoms with Crippen molar-refractivity contribution in [2.24, 2.45) is 0 Å². The largest absolute Gasteiger partial charge is 0.494 e. The highest BCUT2D eigenvalue weighted by Gasteiger charge is 2.16. The Kier molecular flexibility index (Phi) is 6.97. The number of amides is 1. The molecular weight excluding hydrogens is 404 g/mol. The molecule has 2 aromatic carbocycles. The van der Waals surface area contributed by atoms with Crippen molar-refractivity contribution >= 4 is 28.6 Å². The Bertz CT molecular complexity index is 1020. The fourth-order valence-electron chi connectivity index (χ4n) is 2.76. The third-order valence-corrected chi connectivity index (χ3v) is 5.44. The summed E-state index contributed by atoms with van der Waals surface area (Å²) in [7, 11) is 0. The second-order valence-electron chi connectivity index (χ2n) is 6.38. The molecule has 0 aliphatic rings. The van der Waals surface area contributed by atoms with Crippen LogP contribution in [-0.4, -0.2) is 35.5 Å². The summed E-state index contributed by atoms with van der Waals surface area (Å²) in [4.78, 5) is 27.8. The van der Waals surface area contributed by atoms with Gasteiger partial charge in [-0.1, -0.05) is 0 Å². The number of carbonyl (C=O) groups is 1. The summed E-state index contributed by atoms with van der Waals surface area (Å²) in [5, 5.41) is 17.4. The van der Waals surface area contributed by atoms with E-state index in [1.165, 1.54) is 23.5 Å². The molecule has 0 aliphatic heterocycles. The van der Waals surface area contributed by atoms with E-state index in [0.29, 0.717) is 30.3 Å². The van der Waals surface area contributed by atoms with Gasteiger partial charge in [-0.3, -0.25) is 14.9 Å². The minimum absolute atomic E-state index is 0.0397. The highest BCUT2D eigenvalue weighted by molar-refractivity contribution is 7.17. The van der Waals surface area contributed by atoms with Crippen molar-refractivity contribution in [1.29, 1.82) is 0 Å². The van der Waals surface area contributed by atoms with E-state index in [2.05, 4.69) is 15.6 Å². The molecular formula is C21H22N4O4S. The number of nitrogens with one attached hydrogen (secondary N) is 2. The van der Waals surface area contributed by atoms with Crippen LogP contribution >= 0.6 is 11.3 Å². The van der Waals surface area contributed by atoms with Crippen LogP contribution in [0.4, 0.5) is 11.4 Å². The number of ether oxygens (including phenoxy) is 1. The highest BCUT2D eigenvalue weighted by Crippen LogP contribution is 2.29. The second kappa shape index (κ2) is 9.84. The first-order valence-electron chi connectivity index (χ1n) is 9.45. The molecule has 156 valence electrons. The van der Waals surface area contributed by atoms with Crippen LogP contribution in [0.25, 0.3) is 10.6 Å². The minimum atomic E-state index is -0.441. The van der Waals surface area contributed by atoms with Gasteiger partial charge < -0.3 is 15.4 Å². The van der Waals surface area contributed by atoms with E-state index in [4.69, 9.17) is 4.74 Å². The normalized spacial score (nSPS) is 10.5. The van der Waals surface area contributed by atoms with Crippen molar-refractivity contribution in [2.45, 2.75) is 13.8 Å². The van der Waals surface area contributed by atoms with Gasteiger partial charge in [0.05, 0.1) is 17.2 Å². The highest BCUT2D eigenvalue weighted by atomic mass is 32.1. The van der Waals surface area contributed by atoms with E-state index < -0.39 is 4.92 Å². The zero-order valence-electron chi connectivity index (χ0n) is 16.7. The van der Waals surface area contributed by atoms with Crippen molar-refractivity contribution in [2.75, 3.05) is 25.0 Å². The molecule has 0 unspecified atom stereocenters. The Morgan fingerprint density at radius 1 is 1.13 bits per heavy atom. The zero-order chi connectivity index (χ0) is 21.5. The summed E-state index contributed by atoms with van der Waals surface area (Å²) < 4.78 is 5.45. The van der Waals surface area contributed by atoms with Gasteiger partial charge in [-0.15, -0.1) is 11.3 Å². The first kappa shape index (κ1) is 21.3. The smallest absolute Gasteiger partial charge is 0.269 e. The summed E-state index contributed by atoms with van der Waals surface area (Å²) in [5.41, 5.74) is 2.41. The van der Waals surface area contributed by atoms with Gasteiger partial charge in [-0.2, -0.15) is 0 Å². The maximum Gasteiger partial charge on any atom is 0.269 e. The van der Waals surface area contributed by atoms with Crippen molar-refractivity contribution in [1.82, 2.24) is 10.3 Å². The van der Waals surface area contributed by atoms with Gasteiger partial charge in [-0.25, -0.2) is 4.98 Å². The lowest BCUT2D eigenvalue weighted by Gasteiger charge is -2.07. The third-order valence-electron chi connectivity index (χ3n) is 4.23. The molecule has 0 saturated carbocycles. The monoisotopic (exact) mass is 426 g/mol. The first-order chi connectivity index (χ1) is 14.5. The van der Waals surface area contributed by atoms with Crippen molar-refractivity contribution in [3.63, 3.8) is 0 Å². The number of carbonyl (C=O) groups excluding carboxylic acids is 1. The van der Waals surface area contributed by atoms with Crippen molar-refractivity contribution < 1.29 is 14.5 Å². The number of aryl methyl sites for hydroxylation is 1. The summed E-state index contributed by atoms with van der Waals surface area (Å²) in [6.45, 7) is 5.26. The molecule has 1 amide bonds. The maximum absolute atomic E-state index is 12.5. The maximum atomic E-state index is 12.5. The Balaban J connectivity index is 1.53. The average Bonchev–Trinajstić information content (AvgIpc) is 3.14. The quantitative estimate of drug-likeness (QED) is 0.301. The van der Waals surface area contributed by atoms with E-state index >= 15 is 0 Å². The Hall–Kier alpha value is -3.46. The third kappa shape index (κ3) is 5.32. The number of nitrogens with zero attached hydrogens (tertiary/aromatic N) is 2. The number of nitro benzene ring substituents is 1. The number of hydrogen-bond acceptors (Lipinski definition) is 7. The molecule has 0 saturated heterocycles. The van der Waals surface area contributed by atoms with Crippen LogP contribution in [-0.2, 0) is 0 Å². The molecule has 2 N–H and O–H groups in total. The van der Waals surface area contributed by atoms with Gasteiger partial charge in [-0.05, 0) is 50.2 Å². The van der Waals surface area contributed by atoms with Crippen LogP contribution in [0.15, 0.2) is 48.5 Å². The number of thiazole rings is 1. The standard InChI is InChI=1S/C21H22N4O4S/c1-3-29-18-10-4-15(5-11-18)21-24-14(2)19(30-21)20(26)23-13-12-22-16-6-8-17(9-7-16)25(27)28/h4-11,22H,3,12-13H2,1-2H3,(H,23,26). The van der Waals surface area contributed by atoms with E-state index in [9.17, 15) is 14.9 Å². The number of non-ortho nitro benzene ring substituents is 1. The molecule has 0 spiro atoms. The lowest BCUT2D eigenvalue weighted by atomic mass is 10.2. The molecule has 0 atom stereocenters. The van der Waals surface area contributed by atoms with Gasteiger partial charge in [0.2, 0.25) is 0 Å². The molecule has 1 aromatic heterocycles. The number of anilines is 1. The number of rotatable bonds is 9. The van der Waals surface area contributed by atoms with Crippen molar-refractivity contribution in [3.05, 3.63) is 69.2 Å². The molecule has 0 bridgehead atoms. The molecule has 1 heterocycles. The summed E-state index contributed by atoms with van der Waals surface area (Å²) >= 11 is 1.35. The first-order valence-corrected chi connectivity index (χ1v) is 10.3. The van der Waals surface area contributed by atoms with Crippen LogP contribution in [0.2, 0.25) is 0 Å². The Morgan fingerprint density at radius 3 is 2.47 bits per heavy atom. The van der Waals surface area contributed by atoms with Crippen LogP contribution < -0.4 is 15.4 Å². The Labute approximate surface area is 178 Å². The molecule has 9 heteroatoms. The predicted molar refractivity (Wildman–Crippen MR) is 117 cm³/mol. The molecule has 3 aromatic rings. The van der Waals surface area contributed by atoms with Crippen LogP contribution in [0.1, 0.15) is 22.3 Å². The number of benzene rings is 2. The van der Waals surface area contributed by atoms with E-state index in [1.54, 1.807) is 12.1 Å². The van der Waals surface area contributed by atoms with Crippen LogP contribution in [0, 0.1) is 17.0 Å². The SMILES string of the molecule is CCOc1ccc(-c2nc(C)c(C(=O)NCCNc3ccc([N+](=O)[O-])cc3)s2)cc1. The number of hydrogen-bond donors (Lipinski definition) is 2. The second-order valence-corrected chi connectivity index (χ2v) is 7.38. The average molecular weight is 426 g/mol. The van der Waals surface area contributed by atoms with Gasteiger partial charge in [0.1, 0.15) is 15.6 Å². The molecule has 30 heavy (non-hydrogen) atoms. The number of nitro groups is 1. The molecule has 0 fully saturated rings. The summed E-state index contributed by atoms with van der Waals surface area (Å²) in [6, 6.07) is 13.8. The molecule has 3 rings (SSSR count). The minimum Gasteiger partial charge on any atom is -0.494 e. The van der Waals surface area contributed by atoms with E-state index in [-0.39, 0.29) is 11.6 Å². The lowest BCUT2D eigenvalue weighted by Crippen LogP contribution is -2.28. The Morgan fingerprint density at radius 2 is 1.83 bits per heavy atom. The van der Waals surface area contributed by atoms with Gasteiger partial charge in [0.25, 0.3) is 11.6 Å². The predicted octanol–water partition coefficient (Wildman–Crippen LogP) is 4.27. The fourth-order valence-corrected chi connectivity index (χ4v) is 3.74. The zero-order valence-corrected chi connectivity index (χ0v) is 17.5. The van der Waals surface area contributed by atoms with Gasteiger partial charge in [0.15, 0.2) is 0 Å². The van der Waals surface area contributed by atoms with Crippen LogP contribution in [0.5, 0.6) is 5.75 Å². The number of aromatic nitrogens is 1. The lowest BCUT2D eigenvalue weighted by molar-refractivity contribution is -0.384. The van der Waals surface area contributed by atoms with E-state index in [1.807, 2.05) is 38.1 Å². The topological polar surface area (TPSA) is 106 Å². The van der Waals surface area contributed by atoms with Crippen LogP contribution in [0.3, 0.4) is 0 Å². The summed E-state index contributed by atoms with van der Waals surface area (Å²) in [6.07, 6.45) is 0. The van der Waals surface area contributed by atoms with E-state index in [0.717, 1.165) is 22.0 Å². The molecule has 8 nitrogen and oxygen atoms in total. The molecule has 0 radical (unpaired) electrons. The summed E-state index contributed by atoms with van der Waals surface area (Å²) in [5.74, 6) is 0.626. The molecule has 0 aliphatic carbocycles. The van der Waals surface area contributed by atoms with Gasteiger partial charge >= 0.3 is 0 Å². The van der Waals surface area contributed by atoms with Crippen molar-refractivity contribution in [3.8, 4) is 16.3 Å². The fraction of sp³-hybridized carbons (Fsp3) is 0.238.